The summed E-state index contributed by atoms with van der Waals surface area (Å²) in [5, 5.41) is 9.17. The summed E-state index contributed by atoms with van der Waals surface area (Å²) in [4.78, 5) is 19.8. The van der Waals surface area contributed by atoms with Crippen LogP contribution in [0.15, 0.2) is 26.7 Å². The van der Waals surface area contributed by atoms with Crippen LogP contribution in [0, 0.1) is 6.92 Å². The Morgan fingerprint density at radius 1 is 1.30 bits per heavy atom. The Balaban J connectivity index is 1.88. The molecule has 4 rings (SSSR count). The molecule has 0 unspecified atom stereocenters. The van der Waals surface area contributed by atoms with Crippen LogP contribution in [-0.2, 0) is 12.8 Å². The van der Waals surface area contributed by atoms with Crippen LogP contribution in [0.3, 0.4) is 0 Å². The minimum absolute atomic E-state index is 0.0293. The Bertz CT molecular complexity index is 935. The molecule has 1 aliphatic rings. The first-order chi connectivity index (χ1) is 11.2. The summed E-state index contributed by atoms with van der Waals surface area (Å²) in [6.45, 7) is 1.84. The van der Waals surface area contributed by atoms with Crippen molar-refractivity contribution in [2.24, 2.45) is 5.10 Å². The maximum absolute atomic E-state index is 13.0. The summed E-state index contributed by atoms with van der Waals surface area (Å²) in [6.07, 6.45) is 7.40. The lowest BCUT2D eigenvalue weighted by Crippen LogP contribution is -2.20. The van der Waals surface area contributed by atoms with Crippen molar-refractivity contribution in [2.75, 3.05) is 0 Å². The molecule has 23 heavy (non-hydrogen) atoms. The smallest absolute Gasteiger partial charge is 0.267 e. The number of hydrogen-bond acceptors (Lipinski definition) is 5. The first-order valence-corrected chi connectivity index (χ1v) is 9.60. The largest absolute Gasteiger partial charge is 0.283 e. The highest BCUT2D eigenvalue weighted by Crippen LogP contribution is 2.33. The molecule has 3 heterocycles. The van der Waals surface area contributed by atoms with E-state index in [1.54, 1.807) is 28.9 Å². The van der Waals surface area contributed by atoms with Gasteiger partial charge in [-0.2, -0.15) is 21.1 Å². The van der Waals surface area contributed by atoms with Crippen molar-refractivity contribution in [2.45, 2.75) is 39.0 Å². The van der Waals surface area contributed by atoms with Gasteiger partial charge in [0.25, 0.3) is 5.56 Å². The van der Waals surface area contributed by atoms with Gasteiger partial charge in [-0.25, -0.2) is 4.98 Å². The third-order valence-electron chi connectivity index (χ3n) is 4.24. The van der Waals surface area contributed by atoms with E-state index in [1.165, 1.54) is 28.0 Å². The highest BCUT2D eigenvalue weighted by atomic mass is 32.1. The molecule has 4 nitrogen and oxygen atoms in total. The second-order valence-electron chi connectivity index (χ2n) is 5.82. The molecule has 3 aromatic rings. The van der Waals surface area contributed by atoms with Crippen LogP contribution in [-0.4, -0.2) is 15.9 Å². The fraction of sp³-hybridized carbons (Fsp3) is 0.353. The minimum atomic E-state index is -0.0293. The first-order valence-electron chi connectivity index (χ1n) is 7.84. The second kappa shape index (κ2) is 6.02. The van der Waals surface area contributed by atoms with E-state index in [2.05, 4.69) is 10.1 Å². The second-order valence-corrected chi connectivity index (χ2v) is 7.69. The Hall–Kier alpha value is -1.79. The molecule has 0 saturated heterocycles. The van der Waals surface area contributed by atoms with Crippen molar-refractivity contribution in [3.63, 3.8) is 0 Å². The molecule has 0 bridgehead atoms. The number of aromatic nitrogens is 2. The summed E-state index contributed by atoms with van der Waals surface area (Å²) in [6, 6.07) is 1.98. The van der Waals surface area contributed by atoms with E-state index in [1.807, 2.05) is 23.8 Å². The van der Waals surface area contributed by atoms with Gasteiger partial charge in [-0.3, -0.25) is 4.79 Å². The summed E-state index contributed by atoms with van der Waals surface area (Å²) >= 11 is 3.31. The quantitative estimate of drug-likeness (QED) is 0.522. The van der Waals surface area contributed by atoms with Crippen LogP contribution in [0.25, 0.3) is 10.2 Å². The number of rotatable bonds is 2. The summed E-state index contributed by atoms with van der Waals surface area (Å²) < 4.78 is 1.44. The normalized spacial score (nSPS) is 15.2. The number of fused-ring (bicyclic) bond motifs is 3. The monoisotopic (exact) mass is 343 g/mol. The van der Waals surface area contributed by atoms with Crippen molar-refractivity contribution in [3.8, 4) is 0 Å². The molecule has 0 fully saturated rings. The average Bonchev–Trinajstić information content (AvgIpc) is 3.10. The lowest BCUT2D eigenvalue weighted by Gasteiger charge is -2.04. The van der Waals surface area contributed by atoms with Crippen molar-refractivity contribution < 1.29 is 0 Å². The van der Waals surface area contributed by atoms with Crippen LogP contribution < -0.4 is 5.56 Å². The van der Waals surface area contributed by atoms with E-state index < -0.39 is 0 Å². The summed E-state index contributed by atoms with van der Waals surface area (Å²) in [5.41, 5.74) is 2.20. The van der Waals surface area contributed by atoms with Gasteiger partial charge in [0.1, 0.15) is 10.7 Å². The molecule has 0 aliphatic heterocycles. The van der Waals surface area contributed by atoms with Gasteiger partial charge < -0.3 is 0 Å². The van der Waals surface area contributed by atoms with Gasteiger partial charge in [0.2, 0.25) is 0 Å². The van der Waals surface area contributed by atoms with E-state index in [-0.39, 0.29) is 5.56 Å². The van der Waals surface area contributed by atoms with Gasteiger partial charge in [-0.1, -0.05) is 6.42 Å². The Morgan fingerprint density at radius 2 is 2.17 bits per heavy atom. The van der Waals surface area contributed by atoms with Gasteiger partial charge in [0.15, 0.2) is 0 Å². The van der Waals surface area contributed by atoms with Gasteiger partial charge in [-0.15, -0.1) is 11.3 Å². The van der Waals surface area contributed by atoms with Crippen LogP contribution in [0.4, 0.5) is 0 Å². The highest BCUT2D eigenvalue weighted by Gasteiger charge is 2.20. The van der Waals surface area contributed by atoms with E-state index in [9.17, 15) is 4.79 Å². The van der Waals surface area contributed by atoms with Gasteiger partial charge in [0.05, 0.1) is 11.6 Å². The Kier molecular flexibility index (Phi) is 3.87. The third-order valence-corrected chi connectivity index (χ3v) is 6.13. The minimum Gasteiger partial charge on any atom is -0.267 e. The van der Waals surface area contributed by atoms with E-state index in [0.29, 0.717) is 5.82 Å². The zero-order valence-corrected chi connectivity index (χ0v) is 14.5. The molecular weight excluding hydrogens is 326 g/mol. The molecule has 0 spiro atoms. The third kappa shape index (κ3) is 2.66. The molecule has 0 saturated carbocycles. The van der Waals surface area contributed by atoms with E-state index >= 15 is 0 Å². The van der Waals surface area contributed by atoms with Gasteiger partial charge in [-0.05, 0) is 55.0 Å². The Morgan fingerprint density at radius 3 is 3.00 bits per heavy atom. The highest BCUT2D eigenvalue weighted by molar-refractivity contribution is 7.18. The fourth-order valence-corrected chi connectivity index (χ4v) is 4.99. The number of nitrogens with zero attached hydrogens (tertiary/aromatic N) is 3. The first kappa shape index (κ1) is 14.8. The molecule has 0 N–H and O–H groups in total. The van der Waals surface area contributed by atoms with Crippen molar-refractivity contribution in [1.82, 2.24) is 9.66 Å². The molecule has 1 aliphatic carbocycles. The zero-order chi connectivity index (χ0) is 15.8. The van der Waals surface area contributed by atoms with Gasteiger partial charge >= 0.3 is 0 Å². The van der Waals surface area contributed by atoms with Crippen molar-refractivity contribution in [3.05, 3.63) is 49.0 Å². The van der Waals surface area contributed by atoms with Crippen molar-refractivity contribution in [1.29, 1.82) is 0 Å². The molecule has 0 aromatic carbocycles. The standard InChI is InChI=1S/C17H17N3OS2/c1-11-19-16-15(13-5-3-2-4-6-14(13)23-16)17(21)20(11)18-9-12-7-8-22-10-12/h7-10H,2-6H2,1H3/b18-9+. The molecule has 0 amide bonds. The van der Waals surface area contributed by atoms with Crippen LogP contribution >= 0.6 is 22.7 Å². The van der Waals surface area contributed by atoms with Crippen LogP contribution in [0.1, 0.15) is 41.1 Å². The fourth-order valence-electron chi connectivity index (χ4n) is 3.08. The molecule has 3 aromatic heterocycles. The maximum atomic E-state index is 13.0. The van der Waals surface area contributed by atoms with E-state index in [0.717, 1.165) is 35.0 Å². The molecule has 0 atom stereocenters. The van der Waals surface area contributed by atoms with E-state index in [4.69, 9.17) is 0 Å². The molecule has 0 radical (unpaired) electrons. The molecule has 118 valence electrons. The number of hydrogen-bond donors (Lipinski definition) is 0. The molecular formula is C17H17N3OS2. The lowest BCUT2D eigenvalue weighted by atomic mass is 10.1. The summed E-state index contributed by atoms with van der Waals surface area (Å²) in [7, 11) is 0. The number of aryl methyl sites for hydroxylation is 3. The predicted molar refractivity (Wildman–Crippen MR) is 97.2 cm³/mol. The van der Waals surface area contributed by atoms with Gasteiger partial charge in [0, 0.05) is 10.4 Å². The van der Waals surface area contributed by atoms with Crippen LogP contribution in [0.5, 0.6) is 0 Å². The number of thiophene rings is 2. The SMILES string of the molecule is Cc1nc2sc3c(c2c(=O)n1/N=C/c1ccsc1)CCCCC3. The summed E-state index contributed by atoms with van der Waals surface area (Å²) in [5.74, 6) is 0.644. The lowest BCUT2D eigenvalue weighted by molar-refractivity contribution is 0.712. The average molecular weight is 343 g/mol. The molecule has 6 heteroatoms. The van der Waals surface area contributed by atoms with Crippen LogP contribution in [0.2, 0.25) is 0 Å². The predicted octanol–water partition coefficient (Wildman–Crippen LogP) is 3.98. The van der Waals surface area contributed by atoms with Crippen molar-refractivity contribution >= 4 is 39.1 Å². The maximum Gasteiger partial charge on any atom is 0.283 e. The topological polar surface area (TPSA) is 47.2 Å². The Labute approximate surface area is 142 Å². The zero-order valence-electron chi connectivity index (χ0n) is 12.9.